The van der Waals surface area contributed by atoms with E-state index in [9.17, 15) is 4.79 Å². The SMILES string of the molecule is C=CC1CCC(C(=O)OC)N1.Cl. The smallest absolute Gasteiger partial charge is 0.322 e. The van der Waals surface area contributed by atoms with Crippen LogP contribution in [0.2, 0.25) is 0 Å². The number of methoxy groups -OCH3 is 1. The summed E-state index contributed by atoms with van der Waals surface area (Å²) in [5.41, 5.74) is 0. The molecule has 2 unspecified atom stereocenters. The van der Waals surface area contributed by atoms with Gasteiger partial charge in [0.05, 0.1) is 7.11 Å². The van der Waals surface area contributed by atoms with Crippen molar-refractivity contribution in [2.24, 2.45) is 0 Å². The largest absolute Gasteiger partial charge is 0.468 e. The number of nitrogens with one attached hydrogen (secondary N) is 1. The minimum absolute atomic E-state index is 0. The molecule has 12 heavy (non-hydrogen) atoms. The van der Waals surface area contributed by atoms with Crippen LogP contribution < -0.4 is 5.32 Å². The molecule has 0 aromatic carbocycles. The van der Waals surface area contributed by atoms with Crippen molar-refractivity contribution in [1.82, 2.24) is 5.32 Å². The highest BCUT2D eigenvalue weighted by Crippen LogP contribution is 2.13. The van der Waals surface area contributed by atoms with Gasteiger partial charge in [-0.05, 0) is 12.8 Å². The van der Waals surface area contributed by atoms with Gasteiger partial charge in [0.2, 0.25) is 0 Å². The Labute approximate surface area is 78.6 Å². The van der Waals surface area contributed by atoms with E-state index >= 15 is 0 Å². The van der Waals surface area contributed by atoms with Gasteiger partial charge in [0.25, 0.3) is 0 Å². The maximum absolute atomic E-state index is 11.0. The number of hydrogen-bond acceptors (Lipinski definition) is 3. The Morgan fingerprint density at radius 1 is 1.67 bits per heavy atom. The van der Waals surface area contributed by atoms with Gasteiger partial charge in [0, 0.05) is 6.04 Å². The highest BCUT2D eigenvalue weighted by molar-refractivity contribution is 5.85. The van der Waals surface area contributed by atoms with Gasteiger partial charge >= 0.3 is 5.97 Å². The van der Waals surface area contributed by atoms with Crippen molar-refractivity contribution in [2.45, 2.75) is 24.9 Å². The number of ether oxygens (including phenoxy) is 1. The summed E-state index contributed by atoms with van der Waals surface area (Å²) in [5, 5.41) is 3.10. The second-order valence-electron chi connectivity index (χ2n) is 2.66. The molecule has 1 fully saturated rings. The maximum Gasteiger partial charge on any atom is 0.322 e. The van der Waals surface area contributed by atoms with Crippen molar-refractivity contribution >= 4 is 18.4 Å². The monoisotopic (exact) mass is 191 g/mol. The lowest BCUT2D eigenvalue weighted by Crippen LogP contribution is -2.35. The van der Waals surface area contributed by atoms with E-state index in [-0.39, 0.29) is 30.5 Å². The van der Waals surface area contributed by atoms with Gasteiger partial charge in [0.15, 0.2) is 0 Å². The average Bonchev–Trinajstić information content (AvgIpc) is 2.50. The molecule has 1 aliphatic rings. The zero-order chi connectivity index (χ0) is 8.27. The molecule has 1 rings (SSSR count). The van der Waals surface area contributed by atoms with Crippen LogP contribution in [-0.4, -0.2) is 25.2 Å². The molecule has 0 spiro atoms. The Bertz CT molecular complexity index is 172. The summed E-state index contributed by atoms with van der Waals surface area (Å²) in [6.07, 6.45) is 3.65. The van der Waals surface area contributed by atoms with E-state index in [0.717, 1.165) is 12.8 Å². The van der Waals surface area contributed by atoms with Crippen molar-refractivity contribution < 1.29 is 9.53 Å². The van der Waals surface area contributed by atoms with Gasteiger partial charge in [-0.25, -0.2) is 0 Å². The highest BCUT2D eigenvalue weighted by Gasteiger charge is 2.27. The lowest BCUT2D eigenvalue weighted by Gasteiger charge is -2.08. The first-order chi connectivity index (χ1) is 5.27. The summed E-state index contributed by atoms with van der Waals surface area (Å²) in [6, 6.07) is 0.155. The number of carbonyl (C=O) groups is 1. The number of carbonyl (C=O) groups excluding carboxylic acids is 1. The Morgan fingerprint density at radius 2 is 2.33 bits per heavy atom. The van der Waals surface area contributed by atoms with Crippen LogP contribution in [0.3, 0.4) is 0 Å². The van der Waals surface area contributed by atoms with E-state index < -0.39 is 0 Å². The normalized spacial score (nSPS) is 27.4. The molecule has 1 aliphatic heterocycles. The number of esters is 1. The zero-order valence-corrected chi connectivity index (χ0v) is 7.89. The Kier molecular flexibility index (Phi) is 4.93. The molecule has 0 amide bonds. The van der Waals surface area contributed by atoms with Crippen LogP contribution >= 0.6 is 12.4 Å². The zero-order valence-electron chi connectivity index (χ0n) is 7.08. The van der Waals surface area contributed by atoms with Crippen molar-refractivity contribution in [2.75, 3.05) is 7.11 Å². The lowest BCUT2D eigenvalue weighted by atomic mass is 10.2. The summed E-state index contributed by atoms with van der Waals surface area (Å²) in [4.78, 5) is 11.0. The summed E-state index contributed by atoms with van der Waals surface area (Å²) in [7, 11) is 1.41. The van der Waals surface area contributed by atoms with E-state index in [0.29, 0.717) is 0 Å². The fourth-order valence-electron chi connectivity index (χ4n) is 1.29. The quantitative estimate of drug-likeness (QED) is 0.521. The summed E-state index contributed by atoms with van der Waals surface area (Å²) in [6.45, 7) is 3.65. The Hall–Kier alpha value is -0.540. The predicted molar refractivity (Wildman–Crippen MR) is 49.4 cm³/mol. The van der Waals surface area contributed by atoms with Gasteiger partial charge < -0.3 is 4.74 Å². The molecule has 2 atom stereocenters. The van der Waals surface area contributed by atoms with E-state index in [1.807, 2.05) is 6.08 Å². The molecule has 4 heteroatoms. The van der Waals surface area contributed by atoms with Crippen molar-refractivity contribution in [3.05, 3.63) is 12.7 Å². The second-order valence-corrected chi connectivity index (χ2v) is 2.66. The number of rotatable bonds is 2. The lowest BCUT2D eigenvalue weighted by molar-refractivity contribution is -0.142. The molecule has 0 aliphatic carbocycles. The van der Waals surface area contributed by atoms with Crippen LogP contribution in [0.4, 0.5) is 0 Å². The molecule has 1 heterocycles. The van der Waals surface area contributed by atoms with E-state index in [4.69, 9.17) is 0 Å². The second kappa shape index (κ2) is 5.17. The molecule has 0 saturated carbocycles. The van der Waals surface area contributed by atoms with Crippen LogP contribution in [0, 0.1) is 0 Å². The summed E-state index contributed by atoms with van der Waals surface area (Å²) in [5.74, 6) is -0.172. The van der Waals surface area contributed by atoms with E-state index in [1.165, 1.54) is 7.11 Å². The molecule has 0 aromatic heterocycles. The number of hydrogen-bond donors (Lipinski definition) is 1. The Morgan fingerprint density at radius 3 is 2.75 bits per heavy atom. The topological polar surface area (TPSA) is 38.3 Å². The van der Waals surface area contributed by atoms with Gasteiger partial charge in [0.1, 0.15) is 6.04 Å². The first kappa shape index (κ1) is 11.5. The average molecular weight is 192 g/mol. The van der Waals surface area contributed by atoms with Gasteiger partial charge in [-0.1, -0.05) is 6.08 Å². The van der Waals surface area contributed by atoms with Crippen molar-refractivity contribution in [1.29, 1.82) is 0 Å². The molecule has 1 N–H and O–H groups in total. The van der Waals surface area contributed by atoms with Gasteiger partial charge in [-0.2, -0.15) is 0 Å². The van der Waals surface area contributed by atoms with Crippen LogP contribution in [0.5, 0.6) is 0 Å². The van der Waals surface area contributed by atoms with Crippen molar-refractivity contribution in [3.8, 4) is 0 Å². The third-order valence-electron chi connectivity index (χ3n) is 1.95. The summed E-state index contributed by atoms with van der Waals surface area (Å²) >= 11 is 0. The molecule has 0 bridgehead atoms. The van der Waals surface area contributed by atoms with Crippen LogP contribution in [0.1, 0.15) is 12.8 Å². The fourth-order valence-corrected chi connectivity index (χ4v) is 1.29. The predicted octanol–water partition coefficient (Wildman–Crippen LogP) is 0.888. The van der Waals surface area contributed by atoms with Crippen LogP contribution in [0.15, 0.2) is 12.7 Å². The highest BCUT2D eigenvalue weighted by atomic mass is 35.5. The van der Waals surface area contributed by atoms with Crippen LogP contribution in [-0.2, 0) is 9.53 Å². The first-order valence-corrected chi connectivity index (χ1v) is 3.74. The van der Waals surface area contributed by atoms with E-state index in [2.05, 4.69) is 16.6 Å². The fraction of sp³-hybridized carbons (Fsp3) is 0.625. The maximum atomic E-state index is 11.0. The molecule has 0 radical (unpaired) electrons. The van der Waals surface area contributed by atoms with E-state index in [1.54, 1.807) is 0 Å². The molecule has 3 nitrogen and oxygen atoms in total. The summed E-state index contributed by atoms with van der Waals surface area (Å²) < 4.78 is 4.59. The van der Waals surface area contributed by atoms with Gasteiger partial charge in [-0.3, -0.25) is 10.1 Å². The molecule has 70 valence electrons. The minimum Gasteiger partial charge on any atom is -0.468 e. The molecule has 0 aromatic rings. The Balaban J connectivity index is 0.00000121. The molecule has 1 saturated heterocycles. The standard InChI is InChI=1S/C8H13NO2.ClH/c1-3-6-4-5-7(9-6)8(10)11-2;/h3,6-7,9H,1,4-5H2,2H3;1H. The van der Waals surface area contributed by atoms with Crippen molar-refractivity contribution in [3.63, 3.8) is 0 Å². The minimum atomic E-state index is -0.172. The third-order valence-corrected chi connectivity index (χ3v) is 1.95. The molecular formula is C8H14ClNO2. The first-order valence-electron chi connectivity index (χ1n) is 3.74. The third kappa shape index (κ3) is 2.50. The van der Waals surface area contributed by atoms with Gasteiger partial charge in [-0.15, -0.1) is 19.0 Å². The van der Waals surface area contributed by atoms with Crippen LogP contribution in [0.25, 0.3) is 0 Å². The molecular weight excluding hydrogens is 178 g/mol. The number of halogens is 1.